The fourth-order valence-corrected chi connectivity index (χ4v) is 11.3. The van der Waals surface area contributed by atoms with E-state index in [4.69, 9.17) is 28.4 Å². The first kappa shape index (κ1) is 64.8. The zero-order chi connectivity index (χ0) is 59.9. The van der Waals surface area contributed by atoms with Crippen molar-refractivity contribution >= 4 is 23.9 Å². The molecule has 0 bridgehead atoms. The van der Waals surface area contributed by atoms with Crippen LogP contribution < -0.4 is 18.9 Å². The molecule has 10 heteroatoms. The SMILES string of the molecule is C=CC(=O)OCCCCCCCCCCCOc1ccc(C(=O)Oc2ccc(-c3ccc4c(c3)C(CCCC)(CCCC)c3cc(-c5ccc(OC(=O)c6ccc(OCCCCCCCCCCCOC(=O)C=C)cc6)cc5)ccc3-4)cc2)cc1. The molecular weight excluding hydrogens is 1060 g/mol. The number of carbonyl (C=O) groups excluding carboxylic acids is 4. The standard InChI is InChI=1S/C75H90O10/c1-5-9-49-75(50-10-6-2)69-55-61(57-29-43-65(44-30-57)84-73(78)59-33-39-63(40-34-59)80-51-25-21-17-13-11-15-19-23-27-53-82-71(76)7-3)37-47-67(69)68-48-38-62(56-70(68)75)58-31-45-66(46-32-58)85-74(79)60-35-41-64(42-36-60)81-52-26-22-18-14-12-16-20-24-28-54-83-72(77)8-4/h7-8,29-48,55-56H,3-6,9-28,49-54H2,1-2H3. The van der Waals surface area contributed by atoms with Crippen LogP contribution in [0, 0.1) is 0 Å². The molecule has 0 N–H and O–H groups in total. The molecule has 6 aromatic carbocycles. The van der Waals surface area contributed by atoms with E-state index < -0.39 is 11.9 Å². The average Bonchev–Trinajstić information content (AvgIpc) is 1.68. The molecule has 10 nitrogen and oxygen atoms in total. The maximum Gasteiger partial charge on any atom is 0.343 e. The first-order valence-electron chi connectivity index (χ1n) is 31.6. The molecule has 0 unspecified atom stereocenters. The van der Waals surface area contributed by atoms with E-state index in [1.54, 1.807) is 24.3 Å². The van der Waals surface area contributed by atoms with Crippen LogP contribution in [0.5, 0.6) is 23.0 Å². The van der Waals surface area contributed by atoms with Crippen molar-refractivity contribution in [3.63, 3.8) is 0 Å². The minimum absolute atomic E-state index is 0.155. The van der Waals surface area contributed by atoms with Crippen LogP contribution in [0.25, 0.3) is 33.4 Å². The van der Waals surface area contributed by atoms with E-state index in [0.29, 0.717) is 49.1 Å². The molecule has 85 heavy (non-hydrogen) atoms. The molecule has 0 amide bonds. The van der Waals surface area contributed by atoms with Crippen molar-refractivity contribution in [3.05, 3.63) is 181 Å². The summed E-state index contributed by atoms with van der Waals surface area (Å²) < 4.78 is 33.7. The first-order chi connectivity index (χ1) is 41.6. The third-order valence-corrected chi connectivity index (χ3v) is 16.2. The van der Waals surface area contributed by atoms with Crippen LogP contribution in [0.4, 0.5) is 0 Å². The zero-order valence-electron chi connectivity index (χ0n) is 50.7. The predicted molar refractivity (Wildman–Crippen MR) is 342 cm³/mol. The van der Waals surface area contributed by atoms with E-state index in [1.165, 1.54) is 85.8 Å². The Balaban J connectivity index is 0.874. The molecule has 0 atom stereocenters. The van der Waals surface area contributed by atoms with Gasteiger partial charge in [-0.1, -0.05) is 191 Å². The van der Waals surface area contributed by atoms with E-state index in [1.807, 2.05) is 72.8 Å². The predicted octanol–water partition coefficient (Wildman–Crippen LogP) is 19.3. The van der Waals surface area contributed by atoms with Crippen LogP contribution in [0.1, 0.15) is 200 Å². The Bertz CT molecular complexity index is 2820. The Morgan fingerprint density at radius 1 is 0.365 bits per heavy atom. The van der Waals surface area contributed by atoms with Gasteiger partial charge >= 0.3 is 23.9 Å². The van der Waals surface area contributed by atoms with E-state index in [-0.39, 0.29) is 17.4 Å². The number of ether oxygens (including phenoxy) is 6. The molecule has 0 spiro atoms. The number of benzene rings is 6. The van der Waals surface area contributed by atoms with Crippen molar-refractivity contribution < 1.29 is 47.6 Å². The summed E-state index contributed by atoms with van der Waals surface area (Å²) in [5, 5.41) is 0. The first-order valence-corrected chi connectivity index (χ1v) is 31.6. The number of esters is 4. The van der Waals surface area contributed by atoms with Crippen molar-refractivity contribution in [2.75, 3.05) is 26.4 Å². The van der Waals surface area contributed by atoms with Gasteiger partial charge in [-0.05, 0) is 168 Å². The van der Waals surface area contributed by atoms with Crippen LogP contribution in [-0.4, -0.2) is 50.3 Å². The smallest absolute Gasteiger partial charge is 0.343 e. The molecular formula is C75H90O10. The number of carbonyl (C=O) groups is 4. The lowest BCUT2D eigenvalue weighted by atomic mass is 9.70. The van der Waals surface area contributed by atoms with E-state index >= 15 is 0 Å². The lowest BCUT2D eigenvalue weighted by Crippen LogP contribution is -2.25. The van der Waals surface area contributed by atoms with E-state index in [2.05, 4.69) is 63.4 Å². The molecule has 7 rings (SSSR count). The van der Waals surface area contributed by atoms with Crippen LogP contribution in [-0.2, 0) is 24.5 Å². The molecule has 0 saturated heterocycles. The minimum atomic E-state index is -0.415. The highest BCUT2D eigenvalue weighted by atomic mass is 16.5. The van der Waals surface area contributed by atoms with Crippen LogP contribution in [0.15, 0.2) is 159 Å². The van der Waals surface area contributed by atoms with Gasteiger partial charge in [-0.3, -0.25) is 0 Å². The van der Waals surface area contributed by atoms with Crippen molar-refractivity contribution in [1.82, 2.24) is 0 Å². The second-order valence-electron chi connectivity index (χ2n) is 22.5. The summed E-state index contributed by atoms with van der Waals surface area (Å²) in [7, 11) is 0. The monoisotopic (exact) mass is 1150 g/mol. The second kappa shape index (κ2) is 35.5. The summed E-state index contributed by atoms with van der Waals surface area (Å²) in [6.07, 6.45) is 29.0. The third kappa shape index (κ3) is 20.2. The van der Waals surface area contributed by atoms with Crippen LogP contribution in [0.3, 0.4) is 0 Å². The normalized spacial score (nSPS) is 11.9. The van der Waals surface area contributed by atoms with Gasteiger partial charge in [-0.2, -0.15) is 0 Å². The fraction of sp³-hybridized carbons (Fsp3) is 0.413. The molecule has 0 aliphatic heterocycles. The molecule has 1 aliphatic carbocycles. The molecule has 0 heterocycles. The van der Waals surface area contributed by atoms with Gasteiger partial charge in [0.15, 0.2) is 0 Å². The molecule has 0 radical (unpaired) electrons. The lowest BCUT2D eigenvalue weighted by Gasteiger charge is -2.33. The van der Waals surface area contributed by atoms with E-state index in [9.17, 15) is 19.2 Å². The molecule has 6 aromatic rings. The van der Waals surface area contributed by atoms with Gasteiger partial charge in [0.1, 0.15) is 23.0 Å². The summed E-state index contributed by atoms with van der Waals surface area (Å²) in [6, 6.07) is 43.8. The van der Waals surface area contributed by atoms with Gasteiger partial charge < -0.3 is 28.4 Å². The van der Waals surface area contributed by atoms with Crippen molar-refractivity contribution in [2.45, 2.75) is 173 Å². The Kier molecular flexibility index (Phi) is 27.1. The summed E-state index contributed by atoms with van der Waals surface area (Å²) in [4.78, 5) is 48.8. The molecule has 0 fully saturated rings. The Morgan fingerprint density at radius 2 is 0.671 bits per heavy atom. The second-order valence-corrected chi connectivity index (χ2v) is 22.5. The van der Waals surface area contributed by atoms with Gasteiger partial charge in [-0.15, -0.1) is 0 Å². The van der Waals surface area contributed by atoms with Gasteiger partial charge in [0.2, 0.25) is 0 Å². The lowest BCUT2D eigenvalue weighted by molar-refractivity contribution is -0.138. The summed E-state index contributed by atoms with van der Waals surface area (Å²) in [5.74, 6) is 0.919. The van der Waals surface area contributed by atoms with Gasteiger partial charge in [-0.25, -0.2) is 19.2 Å². The van der Waals surface area contributed by atoms with Gasteiger partial charge in [0.05, 0.1) is 37.6 Å². The fourth-order valence-electron chi connectivity index (χ4n) is 11.3. The Hall–Kier alpha value is -7.72. The number of hydrogen-bond donors (Lipinski definition) is 0. The highest BCUT2D eigenvalue weighted by Gasteiger charge is 2.42. The Morgan fingerprint density at radius 3 is 1.00 bits per heavy atom. The van der Waals surface area contributed by atoms with Crippen molar-refractivity contribution in [3.8, 4) is 56.4 Å². The van der Waals surface area contributed by atoms with E-state index in [0.717, 1.165) is 136 Å². The number of unbranched alkanes of at least 4 members (excludes halogenated alkanes) is 18. The number of fused-ring (bicyclic) bond motifs is 3. The van der Waals surface area contributed by atoms with Crippen LogP contribution >= 0.6 is 0 Å². The van der Waals surface area contributed by atoms with Crippen molar-refractivity contribution in [1.29, 1.82) is 0 Å². The van der Waals surface area contributed by atoms with Gasteiger partial charge in [0.25, 0.3) is 0 Å². The topological polar surface area (TPSA) is 124 Å². The number of hydrogen-bond acceptors (Lipinski definition) is 10. The quantitative estimate of drug-likeness (QED) is 0.0159. The molecule has 450 valence electrons. The van der Waals surface area contributed by atoms with Crippen molar-refractivity contribution in [2.24, 2.45) is 0 Å². The maximum absolute atomic E-state index is 13.3. The minimum Gasteiger partial charge on any atom is -0.494 e. The molecule has 0 saturated carbocycles. The Labute approximate surface area is 506 Å². The maximum atomic E-state index is 13.3. The molecule has 1 aliphatic rings. The summed E-state index contributed by atoms with van der Waals surface area (Å²) in [5.41, 5.74) is 10.5. The summed E-state index contributed by atoms with van der Waals surface area (Å²) >= 11 is 0. The average molecular weight is 1150 g/mol. The highest BCUT2D eigenvalue weighted by Crippen LogP contribution is 2.55. The zero-order valence-corrected chi connectivity index (χ0v) is 50.7. The highest BCUT2D eigenvalue weighted by molar-refractivity contribution is 5.92. The third-order valence-electron chi connectivity index (χ3n) is 16.2. The number of rotatable bonds is 40. The van der Waals surface area contributed by atoms with Crippen LogP contribution in [0.2, 0.25) is 0 Å². The summed E-state index contributed by atoms with van der Waals surface area (Å²) in [6.45, 7) is 13.6. The van der Waals surface area contributed by atoms with Gasteiger partial charge in [0, 0.05) is 17.6 Å². The largest absolute Gasteiger partial charge is 0.494 e. The molecule has 0 aromatic heterocycles.